The van der Waals surface area contributed by atoms with Crippen LogP contribution in [0.1, 0.15) is 35.7 Å². The minimum Gasteiger partial charge on any atom is -0.450 e. The van der Waals surface area contributed by atoms with Crippen LogP contribution in [0, 0.1) is 10.1 Å². The zero-order chi connectivity index (χ0) is 23.3. The average Bonchev–Trinajstić information content (AvgIpc) is 2.75. The maximum Gasteiger partial charge on any atom is 0.326 e. The summed E-state index contributed by atoms with van der Waals surface area (Å²) in [6.07, 6.45) is 0. The first kappa shape index (κ1) is 22.8. The molecule has 0 saturated carbocycles. The van der Waals surface area contributed by atoms with E-state index in [9.17, 15) is 19.7 Å². The van der Waals surface area contributed by atoms with Gasteiger partial charge >= 0.3 is 11.7 Å². The third kappa shape index (κ3) is 5.83. The van der Waals surface area contributed by atoms with Gasteiger partial charge in [0.15, 0.2) is 0 Å². The molecule has 0 aliphatic carbocycles. The van der Waals surface area contributed by atoms with E-state index in [0.29, 0.717) is 22.4 Å². The average molecular weight is 454 g/mol. The smallest absolute Gasteiger partial charge is 0.326 e. The number of carbonyl (C=O) groups is 2. The summed E-state index contributed by atoms with van der Waals surface area (Å²) in [5.41, 5.74) is 1.14. The van der Waals surface area contributed by atoms with E-state index in [4.69, 9.17) is 16.3 Å². The monoisotopic (exact) mass is 453 g/mol. The van der Waals surface area contributed by atoms with E-state index in [0.717, 1.165) is 11.6 Å². The van der Waals surface area contributed by atoms with E-state index in [-0.39, 0.29) is 11.3 Å². The second-order valence-electron chi connectivity index (χ2n) is 7.18. The van der Waals surface area contributed by atoms with Gasteiger partial charge in [-0.25, -0.2) is 4.79 Å². The highest BCUT2D eigenvalue weighted by atomic mass is 35.5. The lowest BCUT2D eigenvalue weighted by Crippen LogP contribution is -2.34. The number of amides is 3. The van der Waals surface area contributed by atoms with E-state index in [1.165, 1.54) is 12.1 Å². The SMILES string of the molecule is CC(C)c1ccc(NC(=O)NC(=O)c2ccc(Oc3ccc(Cl)cc3)c([N+](=O)[O-])c2)cc1. The number of imide groups is 1. The highest BCUT2D eigenvalue weighted by Crippen LogP contribution is 2.32. The number of rotatable bonds is 6. The van der Waals surface area contributed by atoms with E-state index in [1.807, 2.05) is 12.1 Å². The highest BCUT2D eigenvalue weighted by molar-refractivity contribution is 6.30. The van der Waals surface area contributed by atoms with Crippen LogP contribution >= 0.6 is 11.6 Å². The van der Waals surface area contributed by atoms with Crippen molar-refractivity contribution in [2.24, 2.45) is 0 Å². The minimum absolute atomic E-state index is 0.0523. The number of benzene rings is 3. The van der Waals surface area contributed by atoms with Crippen LogP contribution in [0.3, 0.4) is 0 Å². The number of nitro groups is 1. The van der Waals surface area contributed by atoms with Crippen molar-refractivity contribution >= 4 is 34.9 Å². The van der Waals surface area contributed by atoms with Gasteiger partial charge in [0.25, 0.3) is 5.91 Å². The second kappa shape index (κ2) is 9.93. The van der Waals surface area contributed by atoms with E-state index < -0.39 is 22.5 Å². The molecule has 0 unspecified atom stereocenters. The number of anilines is 1. The van der Waals surface area contributed by atoms with Crippen LogP contribution in [0.15, 0.2) is 66.7 Å². The fraction of sp³-hybridized carbons (Fsp3) is 0.130. The number of hydrogen-bond donors (Lipinski definition) is 2. The molecule has 0 aromatic heterocycles. The standard InChI is InChI=1S/C23H20ClN3O5/c1-14(2)15-3-8-18(9-4-15)25-23(29)26-22(28)16-5-12-21(20(13-16)27(30)31)32-19-10-6-17(24)7-11-19/h3-14H,1-2H3,(H2,25,26,28,29). The molecule has 9 heteroatoms. The third-order valence-electron chi connectivity index (χ3n) is 4.52. The lowest BCUT2D eigenvalue weighted by atomic mass is 10.0. The molecular formula is C23H20ClN3O5. The molecule has 32 heavy (non-hydrogen) atoms. The Hall–Kier alpha value is -3.91. The summed E-state index contributed by atoms with van der Waals surface area (Å²) in [6, 6.07) is 16.4. The molecule has 2 N–H and O–H groups in total. The molecule has 3 amide bonds. The molecule has 164 valence electrons. The second-order valence-corrected chi connectivity index (χ2v) is 7.62. The summed E-state index contributed by atoms with van der Waals surface area (Å²) in [7, 11) is 0. The van der Waals surface area contributed by atoms with Crippen LogP contribution in [0.25, 0.3) is 0 Å². The number of nitro benzene ring substituents is 1. The van der Waals surface area contributed by atoms with Crippen molar-refractivity contribution in [3.8, 4) is 11.5 Å². The molecule has 0 radical (unpaired) electrons. The van der Waals surface area contributed by atoms with Gasteiger partial charge in [-0.15, -0.1) is 0 Å². The normalized spacial score (nSPS) is 10.5. The number of halogens is 1. The Kier molecular flexibility index (Phi) is 7.07. The van der Waals surface area contributed by atoms with E-state index in [2.05, 4.69) is 24.5 Å². The third-order valence-corrected chi connectivity index (χ3v) is 4.77. The predicted molar refractivity (Wildman–Crippen MR) is 122 cm³/mol. The molecule has 0 fully saturated rings. The van der Waals surface area contributed by atoms with Gasteiger partial charge in [0.05, 0.1) is 4.92 Å². The molecule has 0 atom stereocenters. The molecule has 0 heterocycles. The molecule has 3 rings (SSSR count). The van der Waals surface area contributed by atoms with Crippen LogP contribution in [-0.4, -0.2) is 16.9 Å². The molecule has 8 nitrogen and oxygen atoms in total. The molecule has 0 aliphatic heterocycles. The Morgan fingerprint density at radius 2 is 1.66 bits per heavy atom. The first-order valence-corrected chi connectivity index (χ1v) is 10.0. The van der Waals surface area contributed by atoms with Gasteiger partial charge in [-0.2, -0.15) is 0 Å². The summed E-state index contributed by atoms with van der Waals surface area (Å²) >= 11 is 5.82. The van der Waals surface area contributed by atoms with Crippen molar-refractivity contribution < 1.29 is 19.2 Å². The quantitative estimate of drug-likeness (QED) is 0.344. The van der Waals surface area contributed by atoms with Gasteiger partial charge in [-0.05, 0) is 60.0 Å². The Labute approximate surface area is 189 Å². The maximum absolute atomic E-state index is 12.4. The Bertz CT molecular complexity index is 1150. The van der Waals surface area contributed by atoms with Crippen molar-refractivity contribution in [3.05, 3.63) is 93.0 Å². The number of urea groups is 1. The zero-order valence-corrected chi connectivity index (χ0v) is 18.1. The van der Waals surface area contributed by atoms with Gasteiger partial charge in [-0.1, -0.05) is 37.6 Å². The summed E-state index contributed by atoms with van der Waals surface area (Å²) < 4.78 is 5.54. The number of carbonyl (C=O) groups excluding carboxylic acids is 2. The highest BCUT2D eigenvalue weighted by Gasteiger charge is 2.20. The molecular weight excluding hydrogens is 434 g/mol. The van der Waals surface area contributed by atoms with Crippen LogP contribution < -0.4 is 15.4 Å². The lowest BCUT2D eigenvalue weighted by Gasteiger charge is -2.10. The van der Waals surface area contributed by atoms with Crippen LogP contribution in [0.2, 0.25) is 5.02 Å². The van der Waals surface area contributed by atoms with Crippen LogP contribution in [0.5, 0.6) is 11.5 Å². The molecule has 0 aliphatic rings. The van der Waals surface area contributed by atoms with Gasteiger partial charge < -0.3 is 10.1 Å². The Balaban J connectivity index is 1.70. The Morgan fingerprint density at radius 1 is 1.00 bits per heavy atom. The molecule has 3 aromatic rings. The number of nitrogens with zero attached hydrogens (tertiary/aromatic N) is 1. The predicted octanol–water partition coefficient (Wildman–Crippen LogP) is 6.13. The number of nitrogens with one attached hydrogen (secondary N) is 2. The van der Waals surface area contributed by atoms with Gasteiger partial charge in [-0.3, -0.25) is 20.2 Å². The zero-order valence-electron chi connectivity index (χ0n) is 17.3. The van der Waals surface area contributed by atoms with E-state index >= 15 is 0 Å². The first-order valence-electron chi connectivity index (χ1n) is 9.67. The Morgan fingerprint density at radius 3 is 2.25 bits per heavy atom. The number of ether oxygens (including phenoxy) is 1. The molecule has 0 saturated heterocycles. The summed E-state index contributed by atoms with van der Waals surface area (Å²) in [6.45, 7) is 4.11. The summed E-state index contributed by atoms with van der Waals surface area (Å²) in [4.78, 5) is 35.4. The lowest BCUT2D eigenvalue weighted by molar-refractivity contribution is -0.385. The number of hydrogen-bond acceptors (Lipinski definition) is 5. The largest absolute Gasteiger partial charge is 0.450 e. The molecule has 3 aromatic carbocycles. The van der Waals surface area contributed by atoms with E-state index in [1.54, 1.807) is 36.4 Å². The summed E-state index contributed by atoms with van der Waals surface area (Å²) in [5, 5.41) is 16.7. The first-order chi connectivity index (χ1) is 15.2. The fourth-order valence-electron chi connectivity index (χ4n) is 2.81. The van der Waals surface area contributed by atoms with Crippen molar-refractivity contribution in [1.82, 2.24) is 5.32 Å². The van der Waals surface area contributed by atoms with Gasteiger partial charge in [0, 0.05) is 22.3 Å². The molecule has 0 spiro atoms. The van der Waals surface area contributed by atoms with Crippen molar-refractivity contribution in [2.45, 2.75) is 19.8 Å². The van der Waals surface area contributed by atoms with Crippen molar-refractivity contribution in [1.29, 1.82) is 0 Å². The topological polar surface area (TPSA) is 111 Å². The van der Waals surface area contributed by atoms with Crippen molar-refractivity contribution in [3.63, 3.8) is 0 Å². The summed E-state index contributed by atoms with van der Waals surface area (Å²) in [5.74, 6) is -0.148. The van der Waals surface area contributed by atoms with Crippen LogP contribution in [-0.2, 0) is 0 Å². The maximum atomic E-state index is 12.4. The van der Waals surface area contributed by atoms with Gasteiger partial charge in [0.1, 0.15) is 5.75 Å². The fourth-order valence-corrected chi connectivity index (χ4v) is 2.93. The molecule has 0 bridgehead atoms. The van der Waals surface area contributed by atoms with Crippen molar-refractivity contribution in [2.75, 3.05) is 5.32 Å². The van der Waals surface area contributed by atoms with Gasteiger partial charge in [0.2, 0.25) is 5.75 Å². The van der Waals surface area contributed by atoms with Crippen LogP contribution in [0.4, 0.5) is 16.2 Å². The minimum atomic E-state index is -0.789.